The topological polar surface area (TPSA) is 76.4 Å². The maximum absolute atomic E-state index is 11.9. The zero-order valence-corrected chi connectivity index (χ0v) is 10.7. The largest absolute Gasteiger partial charge is 0.396 e. The monoisotopic (exact) mass is 259 g/mol. The van der Waals surface area contributed by atoms with Crippen LogP contribution in [0.5, 0.6) is 0 Å². The Hall–Kier alpha value is -1.90. The molecule has 0 aromatic heterocycles. The third-order valence-corrected chi connectivity index (χ3v) is 3.32. The van der Waals surface area contributed by atoms with Gasteiger partial charge in [-0.3, -0.25) is 9.69 Å². The van der Waals surface area contributed by atoms with Gasteiger partial charge in [0.05, 0.1) is 17.8 Å². The number of benzene rings is 1. The van der Waals surface area contributed by atoms with Gasteiger partial charge in [0.2, 0.25) is 5.91 Å². The summed E-state index contributed by atoms with van der Waals surface area (Å²) < 4.78 is 0. The SMILES string of the molecule is N#Cc1ccccc1NC(=O)CN1CCC(CO)C1. The van der Waals surface area contributed by atoms with E-state index in [-0.39, 0.29) is 18.4 Å². The number of anilines is 1. The summed E-state index contributed by atoms with van der Waals surface area (Å²) in [6, 6.07) is 8.99. The fourth-order valence-electron chi connectivity index (χ4n) is 2.29. The molecule has 1 aromatic carbocycles. The van der Waals surface area contributed by atoms with Crippen molar-refractivity contribution in [1.29, 1.82) is 5.26 Å². The van der Waals surface area contributed by atoms with Gasteiger partial charge >= 0.3 is 0 Å². The van der Waals surface area contributed by atoms with E-state index in [0.29, 0.717) is 17.8 Å². The van der Waals surface area contributed by atoms with Crippen molar-refractivity contribution in [2.45, 2.75) is 6.42 Å². The molecule has 1 unspecified atom stereocenters. The molecule has 1 heterocycles. The maximum Gasteiger partial charge on any atom is 0.238 e. The lowest BCUT2D eigenvalue weighted by Crippen LogP contribution is -2.32. The first-order valence-electron chi connectivity index (χ1n) is 6.35. The van der Waals surface area contributed by atoms with Gasteiger partial charge in [0, 0.05) is 13.2 Å². The first-order valence-corrected chi connectivity index (χ1v) is 6.35. The number of nitrogens with zero attached hydrogens (tertiary/aromatic N) is 2. The molecule has 1 aliphatic heterocycles. The average molecular weight is 259 g/mol. The van der Waals surface area contributed by atoms with Crippen LogP contribution in [0.25, 0.3) is 0 Å². The van der Waals surface area contributed by atoms with Crippen LogP contribution in [-0.2, 0) is 4.79 Å². The predicted molar refractivity (Wildman–Crippen MR) is 71.4 cm³/mol. The molecular weight excluding hydrogens is 242 g/mol. The maximum atomic E-state index is 11.9. The van der Waals surface area contributed by atoms with Crippen LogP contribution < -0.4 is 5.32 Å². The highest BCUT2D eigenvalue weighted by Crippen LogP contribution is 2.16. The van der Waals surface area contributed by atoms with Crippen LogP contribution in [0.3, 0.4) is 0 Å². The summed E-state index contributed by atoms with van der Waals surface area (Å²) in [4.78, 5) is 13.9. The Morgan fingerprint density at radius 1 is 1.53 bits per heavy atom. The van der Waals surface area contributed by atoms with Crippen LogP contribution in [0.1, 0.15) is 12.0 Å². The molecule has 0 bridgehead atoms. The standard InChI is InChI=1S/C14H17N3O2/c15-7-12-3-1-2-4-13(12)16-14(19)9-17-6-5-11(8-17)10-18/h1-4,11,18H,5-6,8-10H2,(H,16,19). The Bertz CT molecular complexity index is 496. The number of hydrogen-bond acceptors (Lipinski definition) is 4. The number of nitrogens with one attached hydrogen (secondary N) is 1. The molecule has 0 spiro atoms. The highest BCUT2D eigenvalue weighted by molar-refractivity contribution is 5.93. The lowest BCUT2D eigenvalue weighted by Gasteiger charge is -2.15. The Morgan fingerprint density at radius 2 is 2.32 bits per heavy atom. The molecule has 5 nitrogen and oxygen atoms in total. The van der Waals surface area contributed by atoms with E-state index in [4.69, 9.17) is 10.4 Å². The lowest BCUT2D eigenvalue weighted by molar-refractivity contribution is -0.117. The summed E-state index contributed by atoms with van der Waals surface area (Å²) in [6.45, 7) is 2.06. The van der Waals surface area contributed by atoms with E-state index in [1.165, 1.54) is 0 Å². The molecular formula is C14H17N3O2. The summed E-state index contributed by atoms with van der Waals surface area (Å²) in [7, 11) is 0. The van der Waals surface area contributed by atoms with Crippen LogP contribution in [0.15, 0.2) is 24.3 Å². The molecule has 0 saturated carbocycles. The average Bonchev–Trinajstić information content (AvgIpc) is 2.87. The number of para-hydroxylation sites is 1. The first-order chi connectivity index (χ1) is 9.22. The molecule has 1 fully saturated rings. The number of rotatable bonds is 4. The Balaban J connectivity index is 1.90. The number of nitriles is 1. The molecule has 0 aliphatic carbocycles. The van der Waals surface area contributed by atoms with E-state index in [1.807, 2.05) is 11.0 Å². The van der Waals surface area contributed by atoms with Crippen molar-refractivity contribution in [2.24, 2.45) is 5.92 Å². The smallest absolute Gasteiger partial charge is 0.238 e. The Morgan fingerprint density at radius 3 is 3.00 bits per heavy atom. The number of likely N-dealkylation sites (tertiary alicyclic amines) is 1. The molecule has 1 atom stereocenters. The number of hydrogen-bond donors (Lipinski definition) is 2. The van der Waals surface area contributed by atoms with Crippen LogP contribution in [-0.4, -0.2) is 42.2 Å². The number of aliphatic hydroxyl groups excluding tert-OH is 1. The van der Waals surface area contributed by atoms with Crippen molar-refractivity contribution in [1.82, 2.24) is 4.90 Å². The molecule has 2 N–H and O–H groups in total. The van der Waals surface area contributed by atoms with Crippen molar-refractivity contribution in [3.8, 4) is 6.07 Å². The molecule has 19 heavy (non-hydrogen) atoms. The van der Waals surface area contributed by atoms with E-state index in [2.05, 4.69) is 5.32 Å². The quantitative estimate of drug-likeness (QED) is 0.839. The van der Waals surface area contributed by atoms with Crippen molar-refractivity contribution in [2.75, 3.05) is 31.6 Å². The van der Waals surface area contributed by atoms with Gasteiger partial charge in [0.25, 0.3) is 0 Å². The fraction of sp³-hybridized carbons (Fsp3) is 0.429. The van der Waals surface area contributed by atoms with Gasteiger partial charge in [0.15, 0.2) is 0 Å². The minimum atomic E-state index is -0.124. The molecule has 1 aliphatic rings. The van der Waals surface area contributed by atoms with E-state index in [9.17, 15) is 4.79 Å². The van der Waals surface area contributed by atoms with Gasteiger partial charge in [-0.15, -0.1) is 0 Å². The number of carbonyl (C=O) groups excluding carboxylic acids is 1. The summed E-state index contributed by atoms with van der Waals surface area (Å²) in [5.41, 5.74) is 1.01. The van der Waals surface area contributed by atoms with Crippen molar-refractivity contribution in [3.63, 3.8) is 0 Å². The van der Waals surface area contributed by atoms with Crippen molar-refractivity contribution in [3.05, 3.63) is 29.8 Å². The van der Waals surface area contributed by atoms with E-state index in [0.717, 1.165) is 19.5 Å². The van der Waals surface area contributed by atoms with Crippen molar-refractivity contribution >= 4 is 11.6 Å². The van der Waals surface area contributed by atoms with Gasteiger partial charge in [-0.25, -0.2) is 0 Å². The predicted octanol–water partition coefficient (Wildman–Crippen LogP) is 0.811. The minimum absolute atomic E-state index is 0.124. The van der Waals surface area contributed by atoms with Gasteiger partial charge in [0.1, 0.15) is 6.07 Å². The number of amides is 1. The summed E-state index contributed by atoms with van der Waals surface area (Å²) in [5.74, 6) is 0.153. The highest BCUT2D eigenvalue weighted by atomic mass is 16.3. The van der Waals surface area contributed by atoms with Crippen molar-refractivity contribution < 1.29 is 9.90 Å². The molecule has 2 rings (SSSR count). The van der Waals surface area contributed by atoms with E-state index in [1.54, 1.807) is 24.3 Å². The first kappa shape index (κ1) is 13.5. The summed E-state index contributed by atoms with van der Waals surface area (Å²) in [5, 5.41) is 20.8. The van der Waals surface area contributed by atoms with Gasteiger partial charge in [-0.2, -0.15) is 5.26 Å². The minimum Gasteiger partial charge on any atom is -0.396 e. The summed E-state index contributed by atoms with van der Waals surface area (Å²) in [6.07, 6.45) is 0.929. The van der Waals surface area contributed by atoms with Gasteiger partial charge < -0.3 is 10.4 Å². The number of aliphatic hydroxyl groups is 1. The third-order valence-electron chi connectivity index (χ3n) is 3.32. The van der Waals surface area contributed by atoms with Crippen LogP contribution in [0.2, 0.25) is 0 Å². The van der Waals surface area contributed by atoms with E-state index >= 15 is 0 Å². The zero-order valence-electron chi connectivity index (χ0n) is 10.7. The molecule has 1 saturated heterocycles. The number of carbonyl (C=O) groups is 1. The molecule has 5 heteroatoms. The second kappa shape index (κ2) is 6.32. The Labute approximate surface area is 112 Å². The molecule has 1 amide bonds. The Kier molecular flexibility index (Phi) is 4.50. The molecule has 100 valence electrons. The summed E-state index contributed by atoms with van der Waals surface area (Å²) >= 11 is 0. The van der Waals surface area contributed by atoms with E-state index < -0.39 is 0 Å². The second-order valence-electron chi connectivity index (χ2n) is 4.78. The fourth-order valence-corrected chi connectivity index (χ4v) is 2.29. The van der Waals surface area contributed by atoms with Crippen LogP contribution >= 0.6 is 0 Å². The second-order valence-corrected chi connectivity index (χ2v) is 4.78. The molecule has 1 aromatic rings. The lowest BCUT2D eigenvalue weighted by atomic mass is 10.1. The highest BCUT2D eigenvalue weighted by Gasteiger charge is 2.23. The van der Waals surface area contributed by atoms with Crippen LogP contribution in [0, 0.1) is 17.2 Å². The molecule has 0 radical (unpaired) electrons. The van der Waals surface area contributed by atoms with Crippen LogP contribution in [0.4, 0.5) is 5.69 Å². The third kappa shape index (κ3) is 3.53. The normalized spacial score (nSPS) is 19.1. The van der Waals surface area contributed by atoms with Gasteiger partial charge in [-0.1, -0.05) is 12.1 Å². The van der Waals surface area contributed by atoms with Gasteiger partial charge in [-0.05, 0) is 31.0 Å². The zero-order chi connectivity index (χ0) is 13.7.